The molecule has 2 rings (SSSR count). The van der Waals surface area contributed by atoms with Gasteiger partial charge in [-0.3, -0.25) is 4.79 Å². The van der Waals surface area contributed by atoms with E-state index in [1.165, 1.54) is 7.11 Å². The molecule has 0 fully saturated rings. The molecular weight excluding hydrogens is 362 g/mol. The highest BCUT2D eigenvalue weighted by Gasteiger charge is 2.17. The first-order valence-electron chi connectivity index (χ1n) is 8.77. The summed E-state index contributed by atoms with van der Waals surface area (Å²) in [5.41, 5.74) is 1.67. The summed E-state index contributed by atoms with van der Waals surface area (Å²) in [5.74, 6) is 2.65. The minimum Gasteiger partial charge on any atom is -0.493 e. The number of ether oxygens (including phenoxy) is 5. The summed E-state index contributed by atoms with van der Waals surface area (Å²) < 4.78 is 26.6. The van der Waals surface area contributed by atoms with Crippen LogP contribution in [0.1, 0.15) is 24.1 Å². The van der Waals surface area contributed by atoms with E-state index in [1.54, 1.807) is 40.6 Å². The molecule has 1 amide bonds. The number of methoxy groups -OCH3 is 5. The van der Waals surface area contributed by atoms with Crippen molar-refractivity contribution < 1.29 is 28.5 Å². The maximum atomic E-state index is 12.5. The van der Waals surface area contributed by atoms with E-state index in [0.717, 1.165) is 11.1 Å². The normalized spacial score (nSPS) is 11.4. The Bertz CT molecular complexity index is 796. The molecule has 0 aliphatic carbocycles. The molecule has 1 unspecified atom stereocenters. The van der Waals surface area contributed by atoms with Gasteiger partial charge in [0.2, 0.25) is 11.7 Å². The Morgan fingerprint density at radius 2 is 1.39 bits per heavy atom. The number of nitrogens with one attached hydrogen (secondary N) is 1. The molecule has 1 N–H and O–H groups in total. The van der Waals surface area contributed by atoms with Crippen LogP contribution in [0.3, 0.4) is 0 Å². The Balaban J connectivity index is 2.13. The first kappa shape index (κ1) is 21.2. The Hall–Kier alpha value is -3.09. The van der Waals surface area contributed by atoms with Crippen LogP contribution < -0.4 is 29.0 Å². The lowest BCUT2D eigenvalue weighted by Gasteiger charge is -2.17. The molecule has 28 heavy (non-hydrogen) atoms. The van der Waals surface area contributed by atoms with Gasteiger partial charge >= 0.3 is 0 Å². The second kappa shape index (κ2) is 9.73. The molecule has 7 heteroatoms. The highest BCUT2D eigenvalue weighted by molar-refractivity contribution is 5.79. The second-order valence-electron chi connectivity index (χ2n) is 6.11. The van der Waals surface area contributed by atoms with Crippen molar-refractivity contribution in [2.24, 2.45) is 0 Å². The molecule has 1 atom stereocenters. The number of rotatable bonds is 9. The van der Waals surface area contributed by atoms with Crippen LogP contribution in [0.5, 0.6) is 28.7 Å². The topological polar surface area (TPSA) is 75.3 Å². The Labute approximate surface area is 165 Å². The Kier molecular flexibility index (Phi) is 7.37. The summed E-state index contributed by atoms with van der Waals surface area (Å²) in [5, 5.41) is 2.99. The summed E-state index contributed by atoms with van der Waals surface area (Å²) in [6, 6.07) is 8.89. The SMILES string of the molecule is COc1ccc(C(C)NC(=O)Cc2cc(OC)c(OC)c(OC)c2)cc1OC. The third-order valence-electron chi connectivity index (χ3n) is 4.37. The fourth-order valence-corrected chi connectivity index (χ4v) is 2.92. The van der Waals surface area contributed by atoms with Crippen molar-refractivity contribution in [2.45, 2.75) is 19.4 Å². The van der Waals surface area contributed by atoms with Gasteiger partial charge in [-0.25, -0.2) is 0 Å². The van der Waals surface area contributed by atoms with E-state index >= 15 is 0 Å². The summed E-state index contributed by atoms with van der Waals surface area (Å²) >= 11 is 0. The van der Waals surface area contributed by atoms with E-state index in [0.29, 0.717) is 28.7 Å². The van der Waals surface area contributed by atoms with Crippen molar-refractivity contribution in [1.29, 1.82) is 0 Å². The second-order valence-corrected chi connectivity index (χ2v) is 6.11. The predicted octanol–water partition coefficient (Wildman–Crippen LogP) is 3.15. The van der Waals surface area contributed by atoms with Gasteiger partial charge in [0.1, 0.15) is 0 Å². The third kappa shape index (κ3) is 4.79. The van der Waals surface area contributed by atoms with Gasteiger partial charge < -0.3 is 29.0 Å². The largest absolute Gasteiger partial charge is 0.493 e. The molecule has 0 saturated carbocycles. The molecule has 0 aliphatic heterocycles. The highest BCUT2D eigenvalue weighted by atomic mass is 16.5. The molecule has 0 radical (unpaired) electrons. The molecule has 0 bridgehead atoms. The molecule has 7 nitrogen and oxygen atoms in total. The van der Waals surface area contributed by atoms with Gasteiger partial charge in [-0.1, -0.05) is 6.07 Å². The number of hydrogen-bond acceptors (Lipinski definition) is 6. The van der Waals surface area contributed by atoms with Crippen molar-refractivity contribution in [1.82, 2.24) is 5.32 Å². The molecule has 0 aromatic heterocycles. The average Bonchev–Trinajstić information content (AvgIpc) is 2.71. The average molecular weight is 389 g/mol. The fraction of sp³-hybridized carbons (Fsp3) is 0.381. The maximum absolute atomic E-state index is 12.5. The summed E-state index contributed by atoms with van der Waals surface area (Å²) in [4.78, 5) is 12.5. The molecule has 0 spiro atoms. The van der Waals surface area contributed by atoms with Crippen LogP contribution in [0.4, 0.5) is 0 Å². The molecule has 0 aliphatic rings. The van der Waals surface area contributed by atoms with Crippen LogP contribution in [0.2, 0.25) is 0 Å². The first-order valence-corrected chi connectivity index (χ1v) is 8.77. The fourth-order valence-electron chi connectivity index (χ4n) is 2.92. The van der Waals surface area contributed by atoms with Gasteiger partial charge in [0, 0.05) is 0 Å². The zero-order valence-electron chi connectivity index (χ0n) is 17.1. The lowest BCUT2D eigenvalue weighted by atomic mass is 10.1. The van der Waals surface area contributed by atoms with Crippen LogP contribution >= 0.6 is 0 Å². The van der Waals surface area contributed by atoms with Crippen LogP contribution in [-0.4, -0.2) is 41.5 Å². The molecule has 0 saturated heterocycles. The number of amides is 1. The van der Waals surface area contributed by atoms with Crippen molar-refractivity contribution in [3.8, 4) is 28.7 Å². The minimum absolute atomic E-state index is 0.128. The third-order valence-corrected chi connectivity index (χ3v) is 4.37. The molecule has 2 aromatic carbocycles. The van der Waals surface area contributed by atoms with Crippen LogP contribution in [0.25, 0.3) is 0 Å². The zero-order valence-corrected chi connectivity index (χ0v) is 17.1. The van der Waals surface area contributed by atoms with Crippen LogP contribution in [0.15, 0.2) is 30.3 Å². The maximum Gasteiger partial charge on any atom is 0.224 e. The van der Waals surface area contributed by atoms with E-state index in [2.05, 4.69) is 5.32 Å². The van der Waals surface area contributed by atoms with Crippen molar-refractivity contribution in [2.75, 3.05) is 35.5 Å². The first-order chi connectivity index (χ1) is 13.5. The number of carbonyl (C=O) groups excluding carboxylic acids is 1. The number of hydrogen-bond donors (Lipinski definition) is 1. The van der Waals surface area contributed by atoms with Crippen LogP contribution in [0, 0.1) is 0 Å². The summed E-state index contributed by atoms with van der Waals surface area (Å²) in [7, 11) is 7.79. The van der Waals surface area contributed by atoms with Crippen molar-refractivity contribution >= 4 is 5.91 Å². The minimum atomic E-state index is -0.200. The summed E-state index contributed by atoms with van der Waals surface area (Å²) in [6.45, 7) is 1.91. The monoisotopic (exact) mass is 389 g/mol. The predicted molar refractivity (Wildman–Crippen MR) is 106 cm³/mol. The molecule has 0 heterocycles. The lowest BCUT2D eigenvalue weighted by Crippen LogP contribution is -2.28. The van der Waals surface area contributed by atoms with Gasteiger partial charge in [0.05, 0.1) is 48.0 Å². The summed E-state index contributed by atoms with van der Waals surface area (Å²) in [6.07, 6.45) is 0.175. The Morgan fingerprint density at radius 1 is 0.821 bits per heavy atom. The number of benzene rings is 2. The van der Waals surface area contributed by atoms with Gasteiger partial charge in [0.25, 0.3) is 0 Å². The Morgan fingerprint density at radius 3 is 1.89 bits per heavy atom. The standard InChI is InChI=1S/C21H27NO6/c1-13(15-7-8-16(24-2)17(12-15)25-3)22-20(23)11-14-9-18(26-4)21(28-6)19(10-14)27-5/h7-10,12-13H,11H2,1-6H3,(H,22,23). The highest BCUT2D eigenvalue weighted by Crippen LogP contribution is 2.38. The van der Waals surface area contributed by atoms with Crippen LogP contribution in [-0.2, 0) is 11.2 Å². The smallest absolute Gasteiger partial charge is 0.224 e. The van der Waals surface area contributed by atoms with Gasteiger partial charge in [-0.15, -0.1) is 0 Å². The van der Waals surface area contributed by atoms with E-state index < -0.39 is 0 Å². The molecule has 152 valence electrons. The van der Waals surface area contributed by atoms with E-state index in [9.17, 15) is 4.79 Å². The quantitative estimate of drug-likeness (QED) is 0.710. The van der Waals surface area contributed by atoms with E-state index in [1.807, 2.05) is 25.1 Å². The lowest BCUT2D eigenvalue weighted by molar-refractivity contribution is -0.121. The van der Waals surface area contributed by atoms with Crippen molar-refractivity contribution in [3.63, 3.8) is 0 Å². The zero-order chi connectivity index (χ0) is 20.7. The number of carbonyl (C=O) groups is 1. The molecular formula is C21H27NO6. The van der Waals surface area contributed by atoms with E-state index in [4.69, 9.17) is 23.7 Å². The van der Waals surface area contributed by atoms with Gasteiger partial charge in [0.15, 0.2) is 23.0 Å². The molecule has 2 aromatic rings. The van der Waals surface area contributed by atoms with Gasteiger partial charge in [-0.2, -0.15) is 0 Å². The van der Waals surface area contributed by atoms with Gasteiger partial charge in [-0.05, 0) is 42.3 Å². The van der Waals surface area contributed by atoms with E-state index in [-0.39, 0.29) is 18.4 Å². The van der Waals surface area contributed by atoms with Crippen molar-refractivity contribution in [3.05, 3.63) is 41.5 Å².